The van der Waals surface area contributed by atoms with E-state index in [9.17, 15) is 22.8 Å². The first-order chi connectivity index (χ1) is 17.5. The summed E-state index contributed by atoms with van der Waals surface area (Å²) in [6, 6.07) is 14.9. The molecule has 4 rings (SSSR count). The number of ether oxygens (including phenoxy) is 1. The highest BCUT2D eigenvalue weighted by Crippen LogP contribution is 2.35. The molecule has 1 saturated heterocycles. The SMILES string of the molecule is CC(=O)Oc1ccc(N2C(=O)CC(N(Cc3ccccc3Cl)S(=O)(=O)c3cc(Cl)ccc3Cl)C2=O)cc1. The van der Waals surface area contributed by atoms with Crippen LogP contribution < -0.4 is 9.64 Å². The molecular weight excluding hydrogens is 563 g/mol. The highest BCUT2D eigenvalue weighted by molar-refractivity contribution is 7.89. The average Bonchev–Trinajstić information content (AvgIpc) is 3.13. The Kier molecular flexibility index (Phi) is 7.91. The van der Waals surface area contributed by atoms with Crippen LogP contribution in [-0.4, -0.2) is 36.5 Å². The summed E-state index contributed by atoms with van der Waals surface area (Å²) in [6.45, 7) is 0.944. The zero-order valence-electron chi connectivity index (χ0n) is 19.2. The van der Waals surface area contributed by atoms with Crippen LogP contribution in [0.15, 0.2) is 71.6 Å². The van der Waals surface area contributed by atoms with Gasteiger partial charge in [-0.05, 0) is 54.1 Å². The zero-order chi connectivity index (χ0) is 26.9. The summed E-state index contributed by atoms with van der Waals surface area (Å²) in [7, 11) is -4.43. The number of benzene rings is 3. The van der Waals surface area contributed by atoms with Gasteiger partial charge in [0.25, 0.3) is 5.91 Å². The fraction of sp³-hybridized carbons (Fsp3) is 0.160. The Morgan fingerprint density at radius 2 is 1.68 bits per heavy atom. The van der Waals surface area contributed by atoms with Crippen molar-refractivity contribution in [3.05, 3.63) is 87.4 Å². The molecule has 2 amide bonds. The molecule has 192 valence electrons. The van der Waals surface area contributed by atoms with Gasteiger partial charge < -0.3 is 4.74 Å². The van der Waals surface area contributed by atoms with E-state index >= 15 is 0 Å². The van der Waals surface area contributed by atoms with Crippen molar-refractivity contribution in [3.8, 4) is 5.75 Å². The van der Waals surface area contributed by atoms with Gasteiger partial charge in [0, 0.05) is 23.5 Å². The second-order valence-electron chi connectivity index (χ2n) is 8.09. The number of rotatable bonds is 7. The molecule has 1 unspecified atom stereocenters. The minimum absolute atomic E-state index is 0.0942. The Morgan fingerprint density at radius 3 is 2.32 bits per heavy atom. The van der Waals surface area contributed by atoms with Crippen molar-refractivity contribution < 1.29 is 27.5 Å². The molecule has 0 bridgehead atoms. The van der Waals surface area contributed by atoms with E-state index in [1.54, 1.807) is 24.3 Å². The molecule has 1 atom stereocenters. The van der Waals surface area contributed by atoms with Crippen molar-refractivity contribution in [2.24, 2.45) is 0 Å². The predicted molar refractivity (Wildman–Crippen MR) is 139 cm³/mol. The van der Waals surface area contributed by atoms with Gasteiger partial charge in [0.15, 0.2) is 0 Å². The van der Waals surface area contributed by atoms with Gasteiger partial charge in [-0.1, -0.05) is 53.0 Å². The van der Waals surface area contributed by atoms with Crippen molar-refractivity contribution in [2.75, 3.05) is 4.90 Å². The number of sulfonamides is 1. The molecule has 12 heteroatoms. The van der Waals surface area contributed by atoms with Gasteiger partial charge in [-0.25, -0.2) is 13.3 Å². The molecule has 1 aliphatic rings. The summed E-state index contributed by atoms with van der Waals surface area (Å²) >= 11 is 18.6. The van der Waals surface area contributed by atoms with E-state index in [4.69, 9.17) is 39.5 Å². The first-order valence-corrected chi connectivity index (χ1v) is 13.4. The van der Waals surface area contributed by atoms with E-state index in [1.807, 2.05) is 0 Å². The summed E-state index contributed by atoms with van der Waals surface area (Å²) in [5, 5.41) is 0.321. The van der Waals surface area contributed by atoms with Crippen LogP contribution in [0.2, 0.25) is 15.1 Å². The maximum Gasteiger partial charge on any atom is 0.308 e. The standard InChI is InChI=1S/C25H19Cl3N2O6S/c1-15(31)36-19-9-7-18(8-10-19)30-24(32)13-22(25(30)33)29(14-16-4-2-3-5-20(16)27)37(34,35)23-12-17(26)6-11-21(23)28/h2-12,22H,13-14H2,1H3. The number of nitrogens with zero attached hydrogens (tertiary/aromatic N) is 2. The number of hydrogen-bond donors (Lipinski definition) is 0. The van der Waals surface area contributed by atoms with Crippen LogP contribution in [0.1, 0.15) is 18.9 Å². The minimum atomic E-state index is -4.43. The summed E-state index contributed by atoms with van der Waals surface area (Å²) in [6.07, 6.45) is -0.410. The molecule has 3 aromatic carbocycles. The molecule has 37 heavy (non-hydrogen) atoms. The van der Waals surface area contributed by atoms with Gasteiger partial charge in [0.05, 0.1) is 17.1 Å². The zero-order valence-corrected chi connectivity index (χ0v) is 22.3. The second-order valence-corrected chi connectivity index (χ2v) is 11.2. The van der Waals surface area contributed by atoms with Crippen molar-refractivity contribution in [1.29, 1.82) is 0 Å². The quantitative estimate of drug-likeness (QED) is 0.219. The molecule has 0 spiro atoms. The maximum absolute atomic E-state index is 13.9. The lowest BCUT2D eigenvalue weighted by atomic mass is 10.2. The topological polar surface area (TPSA) is 101 Å². The Bertz CT molecular complexity index is 1490. The average molecular weight is 582 g/mol. The highest BCUT2D eigenvalue weighted by atomic mass is 35.5. The van der Waals surface area contributed by atoms with Crippen LogP contribution >= 0.6 is 34.8 Å². The fourth-order valence-corrected chi connectivity index (χ4v) is 6.39. The number of amides is 2. The van der Waals surface area contributed by atoms with E-state index in [1.165, 1.54) is 49.4 Å². The third-order valence-electron chi connectivity index (χ3n) is 5.59. The third-order valence-corrected chi connectivity index (χ3v) is 8.53. The fourth-order valence-electron chi connectivity index (χ4n) is 3.90. The number of anilines is 1. The number of imide groups is 1. The van der Waals surface area contributed by atoms with Crippen molar-refractivity contribution >= 4 is 68.3 Å². The summed E-state index contributed by atoms with van der Waals surface area (Å²) in [5.41, 5.74) is 0.625. The van der Waals surface area contributed by atoms with Gasteiger partial charge in [-0.15, -0.1) is 0 Å². The van der Waals surface area contributed by atoms with Gasteiger partial charge in [-0.2, -0.15) is 4.31 Å². The lowest BCUT2D eigenvalue weighted by Gasteiger charge is -2.27. The second kappa shape index (κ2) is 10.8. The van der Waals surface area contributed by atoms with E-state index in [0.717, 1.165) is 9.21 Å². The molecule has 0 aromatic heterocycles. The molecule has 1 heterocycles. The molecule has 0 saturated carbocycles. The Morgan fingerprint density at radius 1 is 1.00 bits per heavy atom. The molecule has 1 fully saturated rings. The molecule has 3 aromatic rings. The van der Waals surface area contributed by atoms with E-state index in [0.29, 0.717) is 5.56 Å². The van der Waals surface area contributed by atoms with Crippen LogP contribution in [0.3, 0.4) is 0 Å². The number of esters is 1. The van der Waals surface area contributed by atoms with Gasteiger partial charge >= 0.3 is 5.97 Å². The molecule has 0 N–H and O–H groups in total. The van der Waals surface area contributed by atoms with Crippen molar-refractivity contribution in [3.63, 3.8) is 0 Å². The predicted octanol–water partition coefficient (Wildman–Crippen LogP) is 5.10. The van der Waals surface area contributed by atoms with Crippen molar-refractivity contribution in [2.45, 2.75) is 30.8 Å². The monoisotopic (exact) mass is 580 g/mol. The van der Waals surface area contributed by atoms with Crippen LogP contribution in [0.4, 0.5) is 5.69 Å². The summed E-state index contributed by atoms with van der Waals surface area (Å²) in [4.78, 5) is 38.3. The van der Waals surface area contributed by atoms with Gasteiger partial charge in [-0.3, -0.25) is 14.4 Å². The van der Waals surface area contributed by atoms with Gasteiger partial charge in [0.2, 0.25) is 15.9 Å². The Labute approximate surface area is 228 Å². The molecular formula is C25H19Cl3N2O6S. The molecule has 1 aliphatic heterocycles. The molecule has 8 nitrogen and oxygen atoms in total. The van der Waals surface area contributed by atoms with E-state index in [2.05, 4.69) is 0 Å². The summed E-state index contributed by atoms with van der Waals surface area (Å²) in [5.74, 6) is -1.66. The first-order valence-electron chi connectivity index (χ1n) is 10.8. The normalized spacial score (nSPS) is 15.9. The molecule has 0 aliphatic carbocycles. The number of carbonyl (C=O) groups is 3. The Balaban J connectivity index is 1.75. The van der Waals surface area contributed by atoms with Crippen LogP contribution in [0.5, 0.6) is 5.75 Å². The lowest BCUT2D eigenvalue weighted by molar-refractivity contribution is -0.132. The van der Waals surface area contributed by atoms with E-state index in [-0.39, 0.29) is 37.9 Å². The van der Waals surface area contributed by atoms with Crippen LogP contribution in [0, 0.1) is 0 Å². The Hall–Kier alpha value is -2.95. The van der Waals surface area contributed by atoms with Crippen molar-refractivity contribution in [1.82, 2.24) is 4.31 Å². The van der Waals surface area contributed by atoms with Crippen LogP contribution in [-0.2, 0) is 31.0 Å². The third kappa shape index (κ3) is 5.66. The van der Waals surface area contributed by atoms with E-state index < -0.39 is 40.3 Å². The molecule has 0 radical (unpaired) electrons. The smallest absolute Gasteiger partial charge is 0.308 e. The lowest BCUT2D eigenvalue weighted by Crippen LogP contribution is -2.45. The number of hydrogen-bond acceptors (Lipinski definition) is 6. The highest BCUT2D eigenvalue weighted by Gasteiger charge is 2.47. The maximum atomic E-state index is 13.9. The van der Waals surface area contributed by atoms with Gasteiger partial charge in [0.1, 0.15) is 16.7 Å². The largest absolute Gasteiger partial charge is 0.427 e. The number of halogens is 3. The van der Waals surface area contributed by atoms with Crippen LogP contribution in [0.25, 0.3) is 0 Å². The minimum Gasteiger partial charge on any atom is -0.427 e. The first kappa shape index (κ1) is 27.1. The summed E-state index contributed by atoms with van der Waals surface area (Å²) < 4.78 is 33.6. The number of carbonyl (C=O) groups excluding carboxylic acids is 3.